The van der Waals surface area contributed by atoms with Gasteiger partial charge in [-0.2, -0.15) is 0 Å². The highest BCUT2D eigenvalue weighted by Gasteiger charge is 2.10. The van der Waals surface area contributed by atoms with Crippen molar-refractivity contribution in [1.82, 2.24) is 0 Å². The molecular formula is C9H7NO2. The molecule has 1 aromatic rings. The van der Waals surface area contributed by atoms with Crippen LogP contribution >= 0.6 is 0 Å². The van der Waals surface area contributed by atoms with Crippen LogP contribution in [-0.4, -0.2) is 4.92 Å². The van der Waals surface area contributed by atoms with Crippen LogP contribution in [0.1, 0.15) is 11.1 Å². The molecule has 1 aliphatic carbocycles. The van der Waals surface area contributed by atoms with Gasteiger partial charge in [0.2, 0.25) is 0 Å². The molecule has 0 heterocycles. The van der Waals surface area contributed by atoms with Gasteiger partial charge >= 0.3 is 0 Å². The van der Waals surface area contributed by atoms with E-state index in [0.29, 0.717) is 0 Å². The molecule has 0 radical (unpaired) electrons. The maximum absolute atomic E-state index is 10.4. The first-order valence-electron chi connectivity index (χ1n) is 3.71. The molecule has 0 aromatic heterocycles. The van der Waals surface area contributed by atoms with Crippen LogP contribution in [0, 0.1) is 10.1 Å². The van der Waals surface area contributed by atoms with Crippen LogP contribution in [0.3, 0.4) is 0 Å². The fraction of sp³-hybridized carbons (Fsp3) is 0.111. The molecule has 0 saturated heterocycles. The summed E-state index contributed by atoms with van der Waals surface area (Å²) in [7, 11) is 0. The summed E-state index contributed by atoms with van der Waals surface area (Å²) < 4.78 is 0. The number of fused-ring (bicyclic) bond motifs is 1. The predicted molar refractivity (Wildman–Crippen MR) is 45.8 cm³/mol. The predicted octanol–water partition coefficient (Wildman–Crippen LogP) is 2.16. The highest BCUT2D eigenvalue weighted by Crippen LogP contribution is 2.23. The summed E-state index contributed by atoms with van der Waals surface area (Å²) in [4.78, 5) is 10.0. The van der Waals surface area contributed by atoms with Gasteiger partial charge in [0.1, 0.15) is 0 Å². The molecule has 0 spiro atoms. The van der Waals surface area contributed by atoms with Crippen LogP contribution in [-0.2, 0) is 6.42 Å². The maximum atomic E-state index is 10.4. The van der Waals surface area contributed by atoms with Gasteiger partial charge in [0, 0.05) is 12.1 Å². The van der Waals surface area contributed by atoms with Gasteiger partial charge in [0.15, 0.2) is 0 Å². The van der Waals surface area contributed by atoms with E-state index in [1.807, 2.05) is 12.2 Å². The molecule has 0 saturated carbocycles. The fourth-order valence-corrected chi connectivity index (χ4v) is 1.36. The van der Waals surface area contributed by atoms with E-state index in [1.165, 1.54) is 6.07 Å². The Labute approximate surface area is 69.5 Å². The molecule has 1 aromatic carbocycles. The minimum Gasteiger partial charge on any atom is -0.258 e. The Hall–Kier alpha value is -1.64. The number of nitrogens with zero attached hydrogens (tertiary/aromatic N) is 1. The molecule has 0 fully saturated rings. The summed E-state index contributed by atoms with van der Waals surface area (Å²) in [6, 6.07) is 4.96. The monoisotopic (exact) mass is 161 g/mol. The number of nitro benzene ring substituents is 1. The third-order valence-electron chi connectivity index (χ3n) is 1.97. The van der Waals surface area contributed by atoms with E-state index >= 15 is 0 Å². The van der Waals surface area contributed by atoms with Crippen molar-refractivity contribution in [3.05, 3.63) is 45.5 Å². The molecule has 3 heteroatoms. The van der Waals surface area contributed by atoms with Gasteiger partial charge in [-0.1, -0.05) is 12.2 Å². The van der Waals surface area contributed by atoms with Crippen molar-refractivity contribution in [2.75, 3.05) is 0 Å². The van der Waals surface area contributed by atoms with Gasteiger partial charge in [-0.15, -0.1) is 0 Å². The summed E-state index contributed by atoms with van der Waals surface area (Å²) >= 11 is 0. The van der Waals surface area contributed by atoms with Crippen molar-refractivity contribution in [1.29, 1.82) is 0 Å². The molecule has 1 aliphatic rings. The first kappa shape index (κ1) is 7.03. The quantitative estimate of drug-likeness (QED) is 0.468. The number of benzene rings is 1. The first-order chi connectivity index (χ1) is 5.77. The van der Waals surface area contributed by atoms with Crippen LogP contribution in [0.15, 0.2) is 24.3 Å². The highest BCUT2D eigenvalue weighted by molar-refractivity contribution is 5.62. The van der Waals surface area contributed by atoms with Crippen LogP contribution < -0.4 is 0 Å². The van der Waals surface area contributed by atoms with Gasteiger partial charge in [-0.25, -0.2) is 0 Å². The third-order valence-corrected chi connectivity index (χ3v) is 1.97. The van der Waals surface area contributed by atoms with Gasteiger partial charge in [0.25, 0.3) is 5.69 Å². The normalized spacial score (nSPS) is 13.0. The Morgan fingerprint density at radius 1 is 1.42 bits per heavy atom. The first-order valence-corrected chi connectivity index (χ1v) is 3.71. The Bertz CT molecular complexity index is 369. The number of hydrogen-bond acceptors (Lipinski definition) is 2. The topological polar surface area (TPSA) is 43.1 Å². The SMILES string of the molecule is O=[N+]([O-])c1ccc2c(c1)CC=C2. The van der Waals surface area contributed by atoms with Gasteiger partial charge in [0.05, 0.1) is 4.92 Å². The highest BCUT2D eigenvalue weighted by atomic mass is 16.6. The molecule has 0 bridgehead atoms. The van der Waals surface area contributed by atoms with E-state index in [9.17, 15) is 10.1 Å². The number of non-ortho nitro benzene ring substituents is 1. The molecule has 3 nitrogen and oxygen atoms in total. The summed E-state index contributed by atoms with van der Waals surface area (Å²) in [5, 5.41) is 10.4. The number of allylic oxidation sites excluding steroid dienone is 1. The number of rotatable bonds is 1. The van der Waals surface area contributed by atoms with Crippen molar-refractivity contribution in [2.45, 2.75) is 6.42 Å². The standard InChI is InChI=1S/C9H7NO2/c11-10(12)9-5-4-7-2-1-3-8(7)6-9/h1-2,4-6H,3H2. The molecule has 0 amide bonds. The zero-order valence-electron chi connectivity index (χ0n) is 6.36. The largest absolute Gasteiger partial charge is 0.269 e. The maximum Gasteiger partial charge on any atom is 0.269 e. The van der Waals surface area contributed by atoms with Gasteiger partial charge in [-0.3, -0.25) is 10.1 Å². The van der Waals surface area contributed by atoms with E-state index in [0.717, 1.165) is 17.5 Å². The van der Waals surface area contributed by atoms with Crippen molar-refractivity contribution >= 4 is 11.8 Å². The Balaban J connectivity index is 2.49. The zero-order chi connectivity index (χ0) is 8.55. The van der Waals surface area contributed by atoms with E-state index < -0.39 is 0 Å². The van der Waals surface area contributed by atoms with E-state index in [2.05, 4.69) is 0 Å². The summed E-state index contributed by atoms with van der Waals surface area (Å²) in [6.45, 7) is 0. The molecule has 60 valence electrons. The summed E-state index contributed by atoms with van der Waals surface area (Å²) in [5.74, 6) is 0. The zero-order valence-corrected chi connectivity index (χ0v) is 6.36. The van der Waals surface area contributed by atoms with Crippen LogP contribution in [0.25, 0.3) is 6.08 Å². The van der Waals surface area contributed by atoms with Crippen molar-refractivity contribution < 1.29 is 4.92 Å². The molecule has 12 heavy (non-hydrogen) atoms. The van der Waals surface area contributed by atoms with Crippen molar-refractivity contribution in [3.8, 4) is 0 Å². The molecule has 0 aliphatic heterocycles. The van der Waals surface area contributed by atoms with E-state index in [1.54, 1.807) is 12.1 Å². The van der Waals surface area contributed by atoms with Crippen molar-refractivity contribution in [2.24, 2.45) is 0 Å². The second kappa shape index (κ2) is 2.44. The summed E-state index contributed by atoms with van der Waals surface area (Å²) in [5.41, 5.74) is 2.32. The molecule has 2 rings (SSSR count). The summed E-state index contributed by atoms with van der Waals surface area (Å²) in [6.07, 6.45) is 4.81. The average molecular weight is 161 g/mol. The molecule has 0 unspecified atom stereocenters. The number of hydrogen-bond donors (Lipinski definition) is 0. The minimum absolute atomic E-state index is 0.178. The van der Waals surface area contributed by atoms with Crippen molar-refractivity contribution in [3.63, 3.8) is 0 Å². The van der Waals surface area contributed by atoms with Crippen LogP contribution in [0.4, 0.5) is 5.69 Å². The lowest BCUT2D eigenvalue weighted by Gasteiger charge is -1.96. The molecule has 0 N–H and O–H groups in total. The Morgan fingerprint density at radius 2 is 2.25 bits per heavy atom. The lowest BCUT2D eigenvalue weighted by atomic mass is 10.1. The van der Waals surface area contributed by atoms with Crippen LogP contribution in [0.5, 0.6) is 0 Å². The lowest BCUT2D eigenvalue weighted by Crippen LogP contribution is -1.89. The third kappa shape index (κ3) is 0.993. The van der Waals surface area contributed by atoms with E-state index in [4.69, 9.17) is 0 Å². The lowest BCUT2D eigenvalue weighted by molar-refractivity contribution is -0.384. The molecular weight excluding hydrogens is 154 g/mol. The van der Waals surface area contributed by atoms with Gasteiger partial charge < -0.3 is 0 Å². The second-order valence-corrected chi connectivity index (χ2v) is 2.75. The minimum atomic E-state index is -0.362. The Morgan fingerprint density at radius 3 is 3.00 bits per heavy atom. The fourth-order valence-electron chi connectivity index (χ4n) is 1.36. The average Bonchev–Trinajstić information content (AvgIpc) is 2.49. The smallest absolute Gasteiger partial charge is 0.258 e. The molecule has 0 atom stereocenters. The van der Waals surface area contributed by atoms with E-state index in [-0.39, 0.29) is 10.6 Å². The van der Waals surface area contributed by atoms with Crippen LogP contribution in [0.2, 0.25) is 0 Å². The Kier molecular flexibility index (Phi) is 1.43. The second-order valence-electron chi connectivity index (χ2n) is 2.75. The number of nitro groups is 1. The van der Waals surface area contributed by atoms with Gasteiger partial charge in [-0.05, 0) is 23.6 Å².